The minimum absolute atomic E-state index is 0.0649. The van der Waals surface area contributed by atoms with Gasteiger partial charge in [-0.25, -0.2) is 9.37 Å². The maximum Gasteiger partial charge on any atom is 0.214 e. The Morgan fingerprint density at radius 1 is 1.14 bits per heavy atom. The fourth-order valence-corrected chi connectivity index (χ4v) is 3.55. The molecular weight excluding hydrogens is 281 g/mol. The van der Waals surface area contributed by atoms with E-state index in [9.17, 15) is 9.50 Å². The minimum atomic E-state index is -0.274. The second kappa shape index (κ2) is 5.36. The molecule has 1 unspecified atom stereocenters. The van der Waals surface area contributed by atoms with Crippen molar-refractivity contribution in [1.82, 2.24) is 4.98 Å². The molecule has 2 fully saturated rings. The molecule has 22 heavy (non-hydrogen) atoms. The molecule has 114 valence electrons. The third kappa shape index (κ3) is 2.48. The van der Waals surface area contributed by atoms with E-state index in [1.807, 2.05) is 6.07 Å². The molecule has 2 saturated carbocycles. The maximum atomic E-state index is 13.1. The molecule has 3 nitrogen and oxygen atoms in total. The van der Waals surface area contributed by atoms with Gasteiger partial charge in [0.15, 0.2) is 0 Å². The van der Waals surface area contributed by atoms with Crippen LogP contribution in [0.1, 0.15) is 24.8 Å². The predicted octanol–water partition coefficient (Wildman–Crippen LogP) is 3.56. The standard InChI is InChI=1S/C18H18FNO2/c19-13-6-4-12(5-7-13)16-8-11(10-21)9-17(20-16)22-18-14-2-1-3-15(14)18/h4-9,14-15,18,21H,1-3,10H2/t14-,15+,18?. The van der Waals surface area contributed by atoms with Gasteiger partial charge in [-0.2, -0.15) is 0 Å². The molecule has 0 saturated heterocycles. The summed E-state index contributed by atoms with van der Waals surface area (Å²) in [7, 11) is 0. The summed E-state index contributed by atoms with van der Waals surface area (Å²) in [6.45, 7) is -0.0649. The summed E-state index contributed by atoms with van der Waals surface area (Å²) >= 11 is 0. The van der Waals surface area contributed by atoms with Gasteiger partial charge in [-0.15, -0.1) is 0 Å². The van der Waals surface area contributed by atoms with Crippen molar-refractivity contribution >= 4 is 0 Å². The molecule has 1 aromatic heterocycles. The van der Waals surface area contributed by atoms with E-state index in [0.29, 0.717) is 23.4 Å². The van der Waals surface area contributed by atoms with Gasteiger partial charge in [0.25, 0.3) is 0 Å². The average Bonchev–Trinajstić information content (AvgIpc) is 2.97. The molecule has 1 N–H and O–H groups in total. The van der Waals surface area contributed by atoms with Crippen molar-refractivity contribution < 1.29 is 14.2 Å². The predicted molar refractivity (Wildman–Crippen MR) is 80.8 cm³/mol. The first kappa shape index (κ1) is 13.7. The number of fused-ring (bicyclic) bond motifs is 1. The lowest BCUT2D eigenvalue weighted by atomic mass is 10.1. The molecule has 0 bridgehead atoms. The number of benzene rings is 1. The first-order valence-electron chi connectivity index (χ1n) is 7.79. The number of ether oxygens (including phenoxy) is 1. The van der Waals surface area contributed by atoms with Crippen molar-refractivity contribution in [1.29, 1.82) is 0 Å². The lowest BCUT2D eigenvalue weighted by Gasteiger charge is -2.11. The number of rotatable bonds is 4. The van der Waals surface area contributed by atoms with Gasteiger partial charge in [0, 0.05) is 23.5 Å². The Morgan fingerprint density at radius 2 is 1.86 bits per heavy atom. The highest BCUT2D eigenvalue weighted by Crippen LogP contribution is 2.53. The first-order valence-corrected chi connectivity index (χ1v) is 7.79. The highest BCUT2D eigenvalue weighted by Gasteiger charge is 2.55. The number of hydrogen-bond acceptors (Lipinski definition) is 3. The van der Waals surface area contributed by atoms with Crippen molar-refractivity contribution in [2.24, 2.45) is 11.8 Å². The zero-order valence-electron chi connectivity index (χ0n) is 12.2. The number of aromatic nitrogens is 1. The van der Waals surface area contributed by atoms with E-state index in [4.69, 9.17) is 4.74 Å². The quantitative estimate of drug-likeness (QED) is 0.938. The Labute approximate surface area is 128 Å². The molecule has 4 rings (SSSR count). The third-order valence-corrected chi connectivity index (χ3v) is 4.77. The first-order chi connectivity index (χ1) is 10.7. The Hall–Kier alpha value is -1.94. The second-order valence-electron chi connectivity index (χ2n) is 6.20. The normalized spacial score (nSPS) is 25.8. The van der Waals surface area contributed by atoms with Crippen molar-refractivity contribution in [2.75, 3.05) is 0 Å². The van der Waals surface area contributed by atoms with Gasteiger partial charge in [-0.1, -0.05) is 6.42 Å². The molecule has 4 heteroatoms. The van der Waals surface area contributed by atoms with Gasteiger partial charge in [0.05, 0.1) is 12.3 Å². The molecule has 0 radical (unpaired) electrons. The molecular formula is C18H18FNO2. The second-order valence-corrected chi connectivity index (χ2v) is 6.20. The van der Waals surface area contributed by atoms with E-state index in [2.05, 4.69) is 4.98 Å². The van der Waals surface area contributed by atoms with E-state index in [1.54, 1.807) is 18.2 Å². The number of aliphatic hydroxyl groups is 1. The van der Waals surface area contributed by atoms with Crippen LogP contribution in [0.3, 0.4) is 0 Å². The van der Waals surface area contributed by atoms with Crippen LogP contribution in [0.15, 0.2) is 36.4 Å². The molecule has 0 amide bonds. The highest BCUT2D eigenvalue weighted by molar-refractivity contribution is 5.60. The summed E-state index contributed by atoms with van der Waals surface area (Å²) in [4.78, 5) is 4.53. The third-order valence-electron chi connectivity index (χ3n) is 4.77. The van der Waals surface area contributed by atoms with E-state index in [0.717, 1.165) is 11.1 Å². The summed E-state index contributed by atoms with van der Waals surface area (Å²) in [6, 6.07) is 9.81. The number of pyridine rings is 1. The molecule has 2 aromatic rings. The molecule has 1 heterocycles. The minimum Gasteiger partial charge on any atom is -0.474 e. The van der Waals surface area contributed by atoms with E-state index >= 15 is 0 Å². The number of halogens is 1. The molecule has 3 atom stereocenters. The molecule has 1 aromatic carbocycles. The number of hydrogen-bond donors (Lipinski definition) is 1. The smallest absolute Gasteiger partial charge is 0.214 e. The summed E-state index contributed by atoms with van der Waals surface area (Å²) in [5.74, 6) is 1.66. The maximum absolute atomic E-state index is 13.1. The van der Waals surface area contributed by atoms with Crippen LogP contribution in [0.4, 0.5) is 4.39 Å². The van der Waals surface area contributed by atoms with Gasteiger partial charge in [0.1, 0.15) is 11.9 Å². The lowest BCUT2D eigenvalue weighted by Crippen LogP contribution is -2.06. The topological polar surface area (TPSA) is 42.4 Å². The van der Waals surface area contributed by atoms with Crippen LogP contribution in [0.2, 0.25) is 0 Å². The van der Waals surface area contributed by atoms with Crippen LogP contribution in [0.25, 0.3) is 11.3 Å². The van der Waals surface area contributed by atoms with Crippen LogP contribution in [-0.4, -0.2) is 16.2 Å². The van der Waals surface area contributed by atoms with Gasteiger partial charge in [-0.05, 0) is 48.7 Å². The summed E-state index contributed by atoms with van der Waals surface area (Å²) < 4.78 is 19.1. The van der Waals surface area contributed by atoms with Gasteiger partial charge in [0.2, 0.25) is 5.88 Å². The Bertz CT molecular complexity index is 676. The Kier molecular flexibility index (Phi) is 3.34. The van der Waals surface area contributed by atoms with Crippen molar-refractivity contribution in [3.63, 3.8) is 0 Å². The van der Waals surface area contributed by atoms with Crippen molar-refractivity contribution in [3.05, 3.63) is 47.8 Å². The SMILES string of the molecule is OCc1cc(OC2[C@H]3CCC[C@@H]23)nc(-c2ccc(F)cc2)c1. The number of nitrogens with zero attached hydrogens (tertiary/aromatic N) is 1. The zero-order chi connectivity index (χ0) is 15.1. The largest absolute Gasteiger partial charge is 0.474 e. The van der Waals surface area contributed by atoms with Crippen LogP contribution in [0.5, 0.6) is 5.88 Å². The van der Waals surface area contributed by atoms with E-state index in [1.165, 1.54) is 31.4 Å². The molecule has 2 aliphatic rings. The molecule has 0 spiro atoms. The van der Waals surface area contributed by atoms with Crippen LogP contribution in [-0.2, 0) is 6.61 Å². The van der Waals surface area contributed by atoms with Gasteiger partial charge < -0.3 is 9.84 Å². The molecule has 0 aliphatic heterocycles. The zero-order valence-corrected chi connectivity index (χ0v) is 12.2. The number of aliphatic hydroxyl groups excluding tert-OH is 1. The van der Waals surface area contributed by atoms with Gasteiger partial charge >= 0.3 is 0 Å². The van der Waals surface area contributed by atoms with E-state index < -0.39 is 0 Å². The van der Waals surface area contributed by atoms with Crippen molar-refractivity contribution in [2.45, 2.75) is 32.0 Å². The van der Waals surface area contributed by atoms with Crippen LogP contribution < -0.4 is 4.74 Å². The van der Waals surface area contributed by atoms with E-state index in [-0.39, 0.29) is 18.5 Å². The molecule has 2 aliphatic carbocycles. The van der Waals surface area contributed by atoms with Crippen molar-refractivity contribution in [3.8, 4) is 17.1 Å². The Morgan fingerprint density at radius 3 is 2.55 bits per heavy atom. The fourth-order valence-electron chi connectivity index (χ4n) is 3.55. The highest BCUT2D eigenvalue weighted by atomic mass is 19.1. The van der Waals surface area contributed by atoms with Crippen LogP contribution in [0, 0.1) is 17.7 Å². The monoisotopic (exact) mass is 299 g/mol. The summed E-state index contributed by atoms with van der Waals surface area (Å²) in [5.41, 5.74) is 2.28. The van der Waals surface area contributed by atoms with Gasteiger partial charge in [-0.3, -0.25) is 0 Å². The lowest BCUT2D eigenvalue weighted by molar-refractivity contribution is 0.245. The summed E-state index contributed by atoms with van der Waals surface area (Å²) in [6.07, 6.45) is 4.09. The average molecular weight is 299 g/mol. The Balaban J connectivity index is 1.61. The fraction of sp³-hybridized carbons (Fsp3) is 0.389. The summed E-state index contributed by atoms with van der Waals surface area (Å²) in [5, 5.41) is 9.45. The van der Waals surface area contributed by atoms with Crippen LogP contribution >= 0.6 is 0 Å².